The first-order valence-electron chi connectivity index (χ1n) is 10.7. The third kappa shape index (κ3) is 4.45. The third-order valence-corrected chi connectivity index (χ3v) is 6.03. The second kappa shape index (κ2) is 9.01. The molecule has 1 saturated heterocycles. The maximum absolute atomic E-state index is 13.3. The molecule has 182 valence electrons. The molecule has 0 spiro atoms. The minimum Gasteiger partial charge on any atom is -0.453 e. The minimum atomic E-state index is -4.50. The van der Waals surface area contributed by atoms with Gasteiger partial charge in [-0.25, -0.2) is 4.79 Å². The first kappa shape index (κ1) is 23.6. The summed E-state index contributed by atoms with van der Waals surface area (Å²) in [7, 11) is 1.29. The number of alkyl halides is 3. The Morgan fingerprint density at radius 3 is 2.50 bits per heavy atom. The van der Waals surface area contributed by atoms with Crippen LogP contribution in [-0.2, 0) is 10.9 Å². The topological polar surface area (TPSA) is 110 Å². The molecule has 1 unspecified atom stereocenters. The van der Waals surface area contributed by atoms with Crippen molar-refractivity contribution >= 4 is 23.6 Å². The van der Waals surface area contributed by atoms with Crippen LogP contribution >= 0.6 is 0 Å². The van der Waals surface area contributed by atoms with Gasteiger partial charge in [-0.2, -0.15) is 13.2 Å². The zero-order valence-corrected chi connectivity index (χ0v) is 18.3. The maximum atomic E-state index is 13.3. The average Bonchev–Trinajstić information content (AvgIpc) is 3.27. The summed E-state index contributed by atoms with van der Waals surface area (Å²) in [5.74, 6) is -1.04. The number of nitrogens with one attached hydrogen (secondary N) is 1. The van der Waals surface area contributed by atoms with Crippen LogP contribution in [0, 0.1) is 0 Å². The van der Waals surface area contributed by atoms with Crippen molar-refractivity contribution in [2.24, 2.45) is 5.73 Å². The molecule has 9 nitrogen and oxygen atoms in total. The number of benzene rings is 1. The molecule has 3 heterocycles. The lowest BCUT2D eigenvalue weighted by molar-refractivity contribution is -0.137. The van der Waals surface area contributed by atoms with Gasteiger partial charge in [0.15, 0.2) is 0 Å². The first-order chi connectivity index (χ1) is 16.1. The monoisotopic (exact) mass is 479 g/mol. The van der Waals surface area contributed by atoms with Crippen LogP contribution in [0.3, 0.4) is 0 Å². The van der Waals surface area contributed by atoms with Crippen molar-refractivity contribution < 1.29 is 32.3 Å². The molecule has 1 aromatic carbocycles. The van der Waals surface area contributed by atoms with Crippen LogP contribution in [0.1, 0.15) is 45.4 Å². The number of amides is 3. The standard InChI is InChI=1S/C22H24F3N5O4/c1-34-21(33)28-9-2-3-14(11-28)27-19(31)16-8-10-29-17(26)12-30(20(32)18(16)29)15-6-4-13(5-7-15)22(23,24)25/h4-8,10,14,17H,2-3,9,11-12,26H2,1H3,(H,27,31)/t14?,17-/m1/s1. The van der Waals surface area contributed by atoms with Gasteiger partial charge in [0.1, 0.15) is 5.69 Å². The van der Waals surface area contributed by atoms with Gasteiger partial charge in [0.2, 0.25) is 0 Å². The number of anilines is 1. The van der Waals surface area contributed by atoms with Crippen molar-refractivity contribution in [2.45, 2.75) is 31.2 Å². The number of carbonyl (C=O) groups excluding carboxylic acids is 3. The van der Waals surface area contributed by atoms with Crippen molar-refractivity contribution in [3.8, 4) is 0 Å². The lowest BCUT2D eigenvalue weighted by Gasteiger charge is -2.34. The number of halogens is 3. The van der Waals surface area contributed by atoms with Crippen LogP contribution in [0.5, 0.6) is 0 Å². The Labute approximate surface area is 193 Å². The Kier molecular flexibility index (Phi) is 6.26. The molecule has 34 heavy (non-hydrogen) atoms. The van der Waals surface area contributed by atoms with E-state index in [0.29, 0.717) is 19.4 Å². The number of fused-ring (bicyclic) bond motifs is 1. The molecule has 12 heteroatoms. The molecule has 0 aliphatic carbocycles. The molecule has 2 aliphatic heterocycles. The third-order valence-electron chi connectivity index (χ3n) is 6.03. The lowest BCUT2D eigenvalue weighted by atomic mass is 10.0. The summed E-state index contributed by atoms with van der Waals surface area (Å²) in [6.45, 7) is 0.833. The lowest BCUT2D eigenvalue weighted by Crippen LogP contribution is -2.50. The predicted molar refractivity (Wildman–Crippen MR) is 115 cm³/mol. The second-order valence-corrected chi connectivity index (χ2v) is 8.24. The Morgan fingerprint density at radius 1 is 1.15 bits per heavy atom. The normalized spacial score (nSPS) is 20.7. The Hall–Kier alpha value is -3.54. The smallest absolute Gasteiger partial charge is 0.416 e. The van der Waals surface area contributed by atoms with E-state index in [4.69, 9.17) is 10.5 Å². The predicted octanol–water partition coefficient (Wildman–Crippen LogP) is 2.59. The summed E-state index contributed by atoms with van der Waals surface area (Å²) in [4.78, 5) is 40.9. The van der Waals surface area contributed by atoms with Crippen LogP contribution in [0.4, 0.5) is 23.7 Å². The van der Waals surface area contributed by atoms with Crippen molar-refractivity contribution in [1.29, 1.82) is 0 Å². The summed E-state index contributed by atoms with van der Waals surface area (Å²) >= 11 is 0. The van der Waals surface area contributed by atoms with E-state index in [-0.39, 0.29) is 36.1 Å². The zero-order chi connectivity index (χ0) is 24.6. The number of ether oxygens (including phenoxy) is 1. The largest absolute Gasteiger partial charge is 0.453 e. The fraction of sp³-hybridized carbons (Fsp3) is 0.409. The molecular weight excluding hydrogens is 455 g/mol. The fourth-order valence-corrected chi connectivity index (χ4v) is 4.32. The van der Waals surface area contributed by atoms with Gasteiger partial charge in [0, 0.05) is 31.0 Å². The van der Waals surface area contributed by atoms with E-state index < -0.39 is 35.8 Å². The Bertz CT molecular complexity index is 1100. The molecule has 2 aliphatic rings. The number of aromatic nitrogens is 1. The molecule has 1 aromatic heterocycles. The zero-order valence-electron chi connectivity index (χ0n) is 18.3. The minimum absolute atomic E-state index is 0.0314. The summed E-state index contributed by atoms with van der Waals surface area (Å²) in [6, 6.07) is 5.36. The summed E-state index contributed by atoms with van der Waals surface area (Å²) in [5.41, 5.74) is 5.77. The number of nitrogens with zero attached hydrogens (tertiary/aromatic N) is 3. The van der Waals surface area contributed by atoms with E-state index in [0.717, 1.165) is 12.1 Å². The molecule has 3 amide bonds. The number of piperidine rings is 1. The van der Waals surface area contributed by atoms with Crippen LogP contribution in [0.25, 0.3) is 0 Å². The second-order valence-electron chi connectivity index (χ2n) is 8.24. The summed E-state index contributed by atoms with van der Waals surface area (Å²) in [6.07, 6.45) is -2.79. The van der Waals surface area contributed by atoms with Crippen LogP contribution in [0.2, 0.25) is 0 Å². The summed E-state index contributed by atoms with van der Waals surface area (Å²) < 4.78 is 44.9. The highest BCUT2D eigenvalue weighted by Crippen LogP contribution is 2.32. The first-order valence-corrected chi connectivity index (χ1v) is 10.7. The van der Waals surface area contributed by atoms with E-state index in [1.54, 1.807) is 6.20 Å². The molecular formula is C22H24F3N5O4. The van der Waals surface area contributed by atoms with E-state index in [1.165, 1.54) is 39.7 Å². The van der Waals surface area contributed by atoms with Gasteiger partial charge in [0.05, 0.1) is 30.9 Å². The van der Waals surface area contributed by atoms with Gasteiger partial charge in [-0.1, -0.05) is 0 Å². The van der Waals surface area contributed by atoms with Gasteiger partial charge in [-0.3, -0.25) is 9.59 Å². The van der Waals surface area contributed by atoms with E-state index in [9.17, 15) is 27.6 Å². The molecule has 2 atom stereocenters. The Balaban J connectivity index is 1.55. The number of hydrogen-bond acceptors (Lipinski definition) is 5. The number of likely N-dealkylation sites (tertiary alicyclic amines) is 1. The van der Waals surface area contributed by atoms with Gasteiger partial charge in [-0.05, 0) is 43.2 Å². The van der Waals surface area contributed by atoms with Gasteiger partial charge in [-0.15, -0.1) is 0 Å². The number of carbonyl (C=O) groups is 3. The van der Waals surface area contributed by atoms with E-state index >= 15 is 0 Å². The van der Waals surface area contributed by atoms with Crippen molar-refractivity contribution in [3.63, 3.8) is 0 Å². The average molecular weight is 479 g/mol. The molecule has 3 N–H and O–H groups in total. The molecule has 4 rings (SSSR count). The molecule has 0 radical (unpaired) electrons. The fourth-order valence-electron chi connectivity index (χ4n) is 4.32. The highest BCUT2D eigenvalue weighted by molar-refractivity contribution is 6.13. The number of nitrogens with two attached hydrogens (primary N) is 1. The highest BCUT2D eigenvalue weighted by Gasteiger charge is 2.36. The van der Waals surface area contributed by atoms with Gasteiger partial charge in [0.25, 0.3) is 11.8 Å². The quantitative estimate of drug-likeness (QED) is 0.703. The van der Waals surface area contributed by atoms with Gasteiger partial charge < -0.3 is 30.2 Å². The van der Waals surface area contributed by atoms with Crippen molar-refractivity contribution in [2.75, 3.05) is 31.6 Å². The number of methoxy groups -OCH3 is 1. The van der Waals surface area contributed by atoms with Crippen LogP contribution in [0.15, 0.2) is 36.5 Å². The van der Waals surface area contributed by atoms with Crippen LogP contribution < -0.4 is 16.0 Å². The summed E-state index contributed by atoms with van der Waals surface area (Å²) in [5, 5.41) is 2.86. The Morgan fingerprint density at radius 2 is 1.85 bits per heavy atom. The SMILES string of the molecule is COC(=O)N1CCCC(NC(=O)c2ccn3c2C(=O)N(c2ccc(C(F)(F)F)cc2)C[C@@H]3N)C1. The van der Waals surface area contributed by atoms with Crippen molar-refractivity contribution in [1.82, 2.24) is 14.8 Å². The number of hydrogen-bond donors (Lipinski definition) is 2. The number of rotatable bonds is 3. The molecule has 1 fully saturated rings. The van der Waals surface area contributed by atoms with Crippen molar-refractivity contribution in [3.05, 3.63) is 53.3 Å². The van der Waals surface area contributed by atoms with Gasteiger partial charge >= 0.3 is 12.3 Å². The maximum Gasteiger partial charge on any atom is 0.416 e. The van der Waals surface area contributed by atoms with Crippen LogP contribution in [-0.4, -0.2) is 60.2 Å². The highest BCUT2D eigenvalue weighted by atomic mass is 19.4. The molecule has 0 bridgehead atoms. The molecule has 2 aromatic rings. The molecule has 0 saturated carbocycles. The van der Waals surface area contributed by atoms with E-state index in [2.05, 4.69) is 5.32 Å². The van der Waals surface area contributed by atoms with E-state index in [1.807, 2.05) is 0 Å².